The quantitative estimate of drug-likeness (QED) is 0.724. The third-order valence-electron chi connectivity index (χ3n) is 5.98. The number of rotatable bonds is 4. The third-order valence-corrected chi connectivity index (χ3v) is 6.21. The summed E-state index contributed by atoms with van der Waals surface area (Å²) in [5.41, 5.74) is 4.41. The fourth-order valence-corrected chi connectivity index (χ4v) is 4.38. The van der Waals surface area contributed by atoms with Crippen molar-refractivity contribution < 1.29 is 14.3 Å². The highest BCUT2D eigenvalue weighted by atomic mass is 35.5. The van der Waals surface area contributed by atoms with E-state index in [1.54, 1.807) is 23.1 Å². The molecular weight excluding hydrogens is 414 g/mol. The molecule has 0 bridgehead atoms. The van der Waals surface area contributed by atoms with Gasteiger partial charge in [-0.25, -0.2) is 0 Å². The second-order valence-electron chi connectivity index (χ2n) is 8.16. The minimum Gasteiger partial charge on any atom is -0.490 e. The number of carbonyl (C=O) groups excluding carboxylic acids is 2. The molecule has 6 nitrogen and oxygen atoms in total. The van der Waals surface area contributed by atoms with Crippen molar-refractivity contribution in [1.29, 1.82) is 0 Å². The first-order chi connectivity index (χ1) is 14.9. The minimum absolute atomic E-state index is 0.0357. The van der Waals surface area contributed by atoms with Crippen LogP contribution in [0.15, 0.2) is 36.4 Å². The summed E-state index contributed by atoms with van der Waals surface area (Å²) in [5, 5.41) is 0.555. The van der Waals surface area contributed by atoms with Gasteiger partial charge in [-0.15, -0.1) is 0 Å². The van der Waals surface area contributed by atoms with Gasteiger partial charge >= 0.3 is 0 Å². The summed E-state index contributed by atoms with van der Waals surface area (Å²) >= 11 is 6.09. The summed E-state index contributed by atoms with van der Waals surface area (Å²) in [6.45, 7) is 8.09. The Kier molecular flexibility index (Phi) is 6.37. The summed E-state index contributed by atoms with van der Waals surface area (Å²) in [6, 6.07) is 11.7. The average Bonchev–Trinajstić information content (AvgIpc) is 2.78. The summed E-state index contributed by atoms with van der Waals surface area (Å²) in [4.78, 5) is 31.4. The summed E-state index contributed by atoms with van der Waals surface area (Å²) in [6.07, 6.45) is 0.400. The van der Waals surface area contributed by atoms with Crippen LogP contribution >= 0.6 is 11.6 Å². The molecule has 0 N–H and O–H groups in total. The van der Waals surface area contributed by atoms with E-state index in [0.717, 1.165) is 13.1 Å². The second kappa shape index (κ2) is 9.18. The minimum atomic E-state index is -0.0748. The molecule has 1 saturated heterocycles. The van der Waals surface area contributed by atoms with E-state index < -0.39 is 0 Å². The average molecular weight is 442 g/mol. The molecule has 164 valence electrons. The van der Waals surface area contributed by atoms with Gasteiger partial charge in [0.05, 0.1) is 12.2 Å². The Balaban J connectivity index is 1.31. The van der Waals surface area contributed by atoms with E-state index in [2.05, 4.69) is 36.9 Å². The smallest absolute Gasteiger partial charge is 0.227 e. The molecule has 0 radical (unpaired) electrons. The van der Waals surface area contributed by atoms with E-state index in [1.165, 1.54) is 16.8 Å². The van der Waals surface area contributed by atoms with Crippen molar-refractivity contribution >= 4 is 34.8 Å². The molecule has 2 aliphatic rings. The molecular formula is C24H28ClN3O3. The largest absolute Gasteiger partial charge is 0.490 e. The summed E-state index contributed by atoms with van der Waals surface area (Å²) in [5.74, 6) is 0.612. The molecule has 2 heterocycles. The lowest BCUT2D eigenvalue weighted by molar-refractivity contribution is -0.133. The molecule has 2 amide bonds. The zero-order valence-electron chi connectivity index (χ0n) is 18.1. The lowest BCUT2D eigenvalue weighted by Gasteiger charge is -2.37. The van der Waals surface area contributed by atoms with Crippen LogP contribution in [0.5, 0.6) is 5.75 Å². The maximum Gasteiger partial charge on any atom is 0.227 e. The van der Waals surface area contributed by atoms with E-state index in [4.69, 9.17) is 16.3 Å². The molecule has 1 fully saturated rings. The Bertz CT molecular complexity index is 986. The maximum atomic E-state index is 12.8. The van der Waals surface area contributed by atoms with Crippen LogP contribution in [0.2, 0.25) is 5.02 Å². The van der Waals surface area contributed by atoms with Crippen LogP contribution in [0.1, 0.15) is 24.0 Å². The van der Waals surface area contributed by atoms with Gasteiger partial charge < -0.3 is 19.4 Å². The molecule has 4 rings (SSSR count). The van der Waals surface area contributed by atoms with Crippen LogP contribution in [0.25, 0.3) is 0 Å². The fourth-order valence-electron chi connectivity index (χ4n) is 4.21. The van der Waals surface area contributed by atoms with Crippen molar-refractivity contribution in [3.05, 3.63) is 52.5 Å². The highest BCUT2D eigenvalue weighted by Gasteiger charge is 2.26. The molecule has 0 aliphatic carbocycles. The number of anilines is 2. The van der Waals surface area contributed by atoms with E-state index >= 15 is 0 Å². The lowest BCUT2D eigenvalue weighted by atomic mass is 10.1. The van der Waals surface area contributed by atoms with Crippen LogP contribution in [-0.4, -0.2) is 56.0 Å². The van der Waals surface area contributed by atoms with Crippen LogP contribution in [0.3, 0.4) is 0 Å². The van der Waals surface area contributed by atoms with Gasteiger partial charge in [0.15, 0.2) is 0 Å². The first-order valence-corrected chi connectivity index (χ1v) is 11.1. The molecule has 0 aromatic heterocycles. The highest BCUT2D eigenvalue weighted by molar-refractivity contribution is 6.31. The van der Waals surface area contributed by atoms with E-state index in [1.807, 2.05) is 4.90 Å². The van der Waals surface area contributed by atoms with Gasteiger partial charge in [0, 0.05) is 49.7 Å². The van der Waals surface area contributed by atoms with Gasteiger partial charge in [-0.2, -0.15) is 0 Å². The lowest BCUT2D eigenvalue weighted by Crippen LogP contribution is -2.49. The van der Waals surface area contributed by atoms with Gasteiger partial charge in [-0.3, -0.25) is 9.59 Å². The number of fused-ring (bicyclic) bond motifs is 1. The molecule has 2 aromatic rings. The van der Waals surface area contributed by atoms with Crippen LogP contribution < -0.4 is 14.5 Å². The maximum absolute atomic E-state index is 12.8. The number of nitrogens with zero attached hydrogens (tertiary/aromatic N) is 3. The number of ether oxygens (including phenoxy) is 1. The van der Waals surface area contributed by atoms with E-state index in [9.17, 15) is 9.59 Å². The van der Waals surface area contributed by atoms with Gasteiger partial charge in [0.25, 0.3) is 0 Å². The third kappa shape index (κ3) is 4.79. The van der Waals surface area contributed by atoms with E-state index in [0.29, 0.717) is 42.7 Å². The SMILES string of the molecule is Cc1ccc(C)c(N2CCN(C(=O)CCC(=O)N3CCOc4ccc(Cl)cc43)CC2)c1. The van der Waals surface area contributed by atoms with Crippen molar-refractivity contribution in [2.75, 3.05) is 49.1 Å². The fraction of sp³-hybridized carbons (Fsp3) is 0.417. The van der Waals surface area contributed by atoms with Gasteiger partial charge in [0.2, 0.25) is 11.8 Å². The first-order valence-electron chi connectivity index (χ1n) is 10.7. The van der Waals surface area contributed by atoms with Crippen LogP contribution in [0.4, 0.5) is 11.4 Å². The predicted octanol–water partition coefficient (Wildman–Crippen LogP) is 3.81. The summed E-state index contributed by atoms with van der Waals surface area (Å²) in [7, 11) is 0. The molecule has 2 aliphatic heterocycles. The normalized spacial score (nSPS) is 16.0. The predicted molar refractivity (Wildman–Crippen MR) is 123 cm³/mol. The van der Waals surface area contributed by atoms with Crippen molar-refractivity contribution in [2.24, 2.45) is 0 Å². The Morgan fingerprint density at radius 1 is 0.903 bits per heavy atom. The molecule has 0 spiro atoms. The number of aryl methyl sites for hydroxylation is 2. The number of amides is 2. The number of piperazine rings is 1. The van der Waals surface area contributed by atoms with Crippen molar-refractivity contribution in [2.45, 2.75) is 26.7 Å². The van der Waals surface area contributed by atoms with E-state index in [-0.39, 0.29) is 24.7 Å². The second-order valence-corrected chi connectivity index (χ2v) is 8.60. The summed E-state index contributed by atoms with van der Waals surface area (Å²) < 4.78 is 5.61. The van der Waals surface area contributed by atoms with Gasteiger partial charge in [0.1, 0.15) is 12.4 Å². The molecule has 0 unspecified atom stereocenters. The highest BCUT2D eigenvalue weighted by Crippen LogP contribution is 2.34. The Morgan fingerprint density at radius 2 is 1.65 bits per heavy atom. The number of halogens is 1. The van der Waals surface area contributed by atoms with Crippen LogP contribution in [0, 0.1) is 13.8 Å². The zero-order valence-corrected chi connectivity index (χ0v) is 18.8. The topological polar surface area (TPSA) is 53.1 Å². The standard InChI is InChI=1S/C24H28ClN3O3/c1-17-3-4-18(2)20(15-17)26-9-11-27(12-10-26)23(29)7-8-24(30)28-13-14-31-22-6-5-19(25)16-21(22)28/h3-6,15-16H,7-14H2,1-2H3. The molecule has 0 atom stereocenters. The van der Waals surface area contributed by atoms with Crippen molar-refractivity contribution in [3.63, 3.8) is 0 Å². The number of benzene rings is 2. The number of hydrogen-bond donors (Lipinski definition) is 0. The molecule has 31 heavy (non-hydrogen) atoms. The Hall–Kier alpha value is -2.73. The van der Waals surface area contributed by atoms with Crippen molar-refractivity contribution in [3.8, 4) is 5.75 Å². The molecule has 2 aromatic carbocycles. The number of hydrogen-bond acceptors (Lipinski definition) is 4. The van der Waals surface area contributed by atoms with Gasteiger partial charge in [-0.1, -0.05) is 23.7 Å². The Labute approximate surface area is 188 Å². The van der Waals surface area contributed by atoms with Gasteiger partial charge in [-0.05, 0) is 49.2 Å². The monoisotopic (exact) mass is 441 g/mol. The molecule has 0 saturated carbocycles. The Morgan fingerprint density at radius 3 is 2.42 bits per heavy atom. The zero-order chi connectivity index (χ0) is 22.0. The first kappa shape index (κ1) is 21.5. The van der Waals surface area contributed by atoms with Crippen molar-refractivity contribution in [1.82, 2.24) is 4.90 Å². The number of carbonyl (C=O) groups is 2. The van der Waals surface area contributed by atoms with Crippen LogP contribution in [-0.2, 0) is 9.59 Å². The molecule has 7 heteroatoms.